The van der Waals surface area contributed by atoms with Crippen molar-refractivity contribution in [3.63, 3.8) is 0 Å². The van der Waals surface area contributed by atoms with Crippen molar-refractivity contribution in [2.75, 3.05) is 7.11 Å². The highest BCUT2D eigenvalue weighted by molar-refractivity contribution is 7.70. The van der Waals surface area contributed by atoms with Crippen LogP contribution in [0.1, 0.15) is 21.5 Å². The smallest absolute Gasteiger partial charge is 0.340 e. The molecule has 0 aliphatic carbocycles. The van der Waals surface area contributed by atoms with E-state index in [4.69, 9.17) is 4.74 Å². The van der Waals surface area contributed by atoms with E-state index < -0.39 is 22.7 Å². The average molecular weight is 412 g/mol. The summed E-state index contributed by atoms with van der Waals surface area (Å²) in [6.45, 7) is -0.228. The highest BCUT2D eigenvalue weighted by atomic mass is 32.2. The second-order valence-corrected chi connectivity index (χ2v) is 6.87. The van der Waals surface area contributed by atoms with E-state index in [-0.39, 0.29) is 17.7 Å². The molecule has 0 bridgehead atoms. The summed E-state index contributed by atoms with van der Waals surface area (Å²) < 4.78 is 44.5. The molecular formula is C21H17FN2O4S. The number of rotatable bonds is 5. The molecule has 0 radical (unpaired) electrons. The lowest BCUT2D eigenvalue weighted by Gasteiger charge is -2.13. The van der Waals surface area contributed by atoms with E-state index in [0.29, 0.717) is 11.3 Å². The van der Waals surface area contributed by atoms with Crippen LogP contribution in [0.25, 0.3) is 5.69 Å². The highest BCUT2D eigenvalue weighted by Crippen LogP contribution is 2.21. The molecule has 1 aromatic heterocycles. The van der Waals surface area contributed by atoms with Crippen LogP contribution in [0.2, 0.25) is 0 Å². The van der Waals surface area contributed by atoms with E-state index in [0.717, 1.165) is 4.31 Å². The monoisotopic (exact) mass is 412 g/mol. The predicted molar refractivity (Wildman–Crippen MR) is 106 cm³/mol. The topological polar surface area (TPSA) is 68.6 Å². The number of carbonyl (C=O) groups excluding carboxylic acids is 1. The fraction of sp³-hybridized carbons (Fsp3) is 0.0952. The van der Waals surface area contributed by atoms with Gasteiger partial charge in [-0.15, -0.1) is 0 Å². The zero-order valence-corrected chi connectivity index (χ0v) is 16.3. The number of esters is 1. The van der Waals surface area contributed by atoms with Gasteiger partial charge in [-0.3, -0.25) is 0 Å². The Morgan fingerprint density at radius 2 is 1.83 bits per heavy atom. The number of ether oxygens (including phenoxy) is 1. The molecule has 2 aromatic carbocycles. The van der Waals surface area contributed by atoms with Crippen molar-refractivity contribution in [2.24, 2.45) is 0 Å². The van der Waals surface area contributed by atoms with Crippen LogP contribution in [0.4, 0.5) is 4.39 Å². The van der Waals surface area contributed by atoms with E-state index in [1.807, 2.05) is 0 Å². The summed E-state index contributed by atoms with van der Waals surface area (Å²) in [4.78, 5) is 12.2. The lowest BCUT2D eigenvalue weighted by Crippen LogP contribution is -2.16. The SMILES string of the molecule is COC(=O)c1cccc(C#CN(Cc2ccccc2F)[SH](=O)=O)c1-n1cccc1. The van der Waals surface area contributed by atoms with Crippen molar-refractivity contribution in [3.05, 3.63) is 89.5 Å². The van der Waals surface area contributed by atoms with Gasteiger partial charge in [0, 0.05) is 24.0 Å². The number of halogens is 1. The van der Waals surface area contributed by atoms with Crippen LogP contribution in [0.5, 0.6) is 0 Å². The van der Waals surface area contributed by atoms with E-state index in [2.05, 4.69) is 12.0 Å². The number of thiol groups is 1. The van der Waals surface area contributed by atoms with Crippen LogP contribution < -0.4 is 0 Å². The minimum absolute atomic E-state index is 0.204. The Hall–Kier alpha value is -3.57. The van der Waals surface area contributed by atoms with Gasteiger partial charge in [0.05, 0.1) is 30.5 Å². The van der Waals surface area contributed by atoms with Crippen molar-refractivity contribution < 1.29 is 22.3 Å². The molecule has 0 aliphatic heterocycles. The Labute approximate surface area is 169 Å². The number of methoxy groups -OCH3 is 1. The van der Waals surface area contributed by atoms with Crippen LogP contribution in [-0.4, -0.2) is 30.4 Å². The van der Waals surface area contributed by atoms with Crippen LogP contribution in [0.15, 0.2) is 67.0 Å². The van der Waals surface area contributed by atoms with Crippen LogP contribution in [0, 0.1) is 17.8 Å². The third-order valence-electron chi connectivity index (χ3n) is 4.10. The zero-order chi connectivity index (χ0) is 20.8. The maximum atomic E-state index is 13.9. The van der Waals surface area contributed by atoms with Gasteiger partial charge in [0.2, 0.25) is 10.9 Å². The van der Waals surface area contributed by atoms with Crippen molar-refractivity contribution >= 4 is 16.9 Å². The van der Waals surface area contributed by atoms with Gasteiger partial charge in [-0.1, -0.05) is 24.3 Å². The Bertz CT molecular complexity index is 1150. The minimum atomic E-state index is -3.08. The van der Waals surface area contributed by atoms with Crippen molar-refractivity contribution in [3.8, 4) is 17.7 Å². The second kappa shape index (κ2) is 9.08. The van der Waals surface area contributed by atoms with E-state index >= 15 is 0 Å². The summed E-state index contributed by atoms with van der Waals surface area (Å²) in [5.74, 6) is 1.72. The highest BCUT2D eigenvalue weighted by Gasteiger charge is 2.16. The first-order valence-corrected chi connectivity index (χ1v) is 9.66. The van der Waals surface area contributed by atoms with Crippen molar-refractivity contribution in [1.29, 1.82) is 0 Å². The normalized spacial score (nSPS) is 10.3. The standard InChI is InChI=1S/C21H17FN2O4S/c1-28-21(25)18-9-6-8-16(20(18)23-12-4-5-13-23)11-14-24(29(26)27)15-17-7-2-3-10-19(17)22/h2-10,12-13,29H,15H2,1H3. The summed E-state index contributed by atoms with van der Waals surface area (Å²) in [7, 11) is -1.80. The molecular weight excluding hydrogens is 395 g/mol. The molecule has 8 heteroatoms. The molecule has 0 atom stereocenters. The predicted octanol–water partition coefficient (Wildman–Crippen LogP) is 2.74. The Morgan fingerprint density at radius 3 is 2.48 bits per heavy atom. The lowest BCUT2D eigenvalue weighted by molar-refractivity contribution is 0.0600. The van der Waals surface area contributed by atoms with E-state index in [9.17, 15) is 17.6 Å². The molecule has 0 fully saturated rings. The number of aromatic nitrogens is 1. The summed E-state index contributed by atoms with van der Waals surface area (Å²) in [5, 5.41) is 0. The zero-order valence-electron chi connectivity index (χ0n) is 15.4. The Balaban J connectivity index is 2.04. The summed E-state index contributed by atoms with van der Waals surface area (Å²) in [6, 6.07) is 16.9. The molecule has 0 amide bonds. The van der Waals surface area contributed by atoms with Gasteiger partial charge in [0.15, 0.2) is 0 Å². The maximum Gasteiger partial charge on any atom is 0.340 e. The number of nitrogens with zero attached hydrogens (tertiary/aromatic N) is 2. The molecule has 6 nitrogen and oxygen atoms in total. The average Bonchev–Trinajstić information content (AvgIpc) is 3.25. The van der Waals surface area contributed by atoms with Gasteiger partial charge in [0.25, 0.3) is 0 Å². The molecule has 0 unspecified atom stereocenters. The van der Waals surface area contributed by atoms with E-state index in [1.54, 1.807) is 53.4 Å². The quantitative estimate of drug-likeness (QED) is 0.303. The summed E-state index contributed by atoms with van der Waals surface area (Å²) >= 11 is 0. The molecule has 0 N–H and O–H groups in total. The lowest BCUT2D eigenvalue weighted by atomic mass is 10.1. The Morgan fingerprint density at radius 1 is 1.10 bits per heavy atom. The molecule has 0 saturated carbocycles. The van der Waals surface area contributed by atoms with Gasteiger partial charge in [-0.2, -0.15) is 0 Å². The van der Waals surface area contributed by atoms with Crippen LogP contribution >= 0.6 is 0 Å². The van der Waals surface area contributed by atoms with Crippen LogP contribution in [-0.2, 0) is 22.2 Å². The number of carbonyl (C=O) groups is 1. The largest absolute Gasteiger partial charge is 0.465 e. The maximum absolute atomic E-state index is 13.9. The number of hydrogen-bond acceptors (Lipinski definition) is 4. The molecule has 0 spiro atoms. The first-order chi connectivity index (χ1) is 14.0. The fourth-order valence-electron chi connectivity index (χ4n) is 2.73. The second-order valence-electron chi connectivity index (χ2n) is 5.91. The van der Waals surface area contributed by atoms with Gasteiger partial charge in [-0.05, 0) is 36.3 Å². The molecule has 0 aliphatic rings. The van der Waals surface area contributed by atoms with Gasteiger partial charge >= 0.3 is 5.97 Å². The first kappa shape index (κ1) is 20.2. The fourth-order valence-corrected chi connectivity index (χ4v) is 3.13. The summed E-state index contributed by atoms with van der Waals surface area (Å²) in [6.07, 6.45) is 3.47. The van der Waals surface area contributed by atoms with E-state index in [1.165, 1.54) is 25.3 Å². The number of hydrogen-bond donors (Lipinski definition) is 1. The van der Waals surface area contributed by atoms with Crippen LogP contribution in [0.3, 0.4) is 0 Å². The number of para-hydroxylation sites is 1. The molecule has 0 saturated heterocycles. The summed E-state index contributed by atoms with van der Waals surface area (Å²) in [5.41, 5.74) is 1.36. The molecule has 3 rings (SSSR count). The van der Waals surface area contributed by atoms with Crippen molar-refractivity contribution in [1.82, 2.24) is 8.87 Å². The van der Waals surface area contributed by atoms with Gasteiger partial charge < -0.3 is 9.30 Å². The minimum Gasteiger partial charge on any atom is -0.465 e. The van der Waals surface area contributed by atoms with Gasteiger partial charge in [-0.25, -0.2) is 21.9 Å². The third kappa shape index (κ3) is 4.65. The molecule has 148 valence electrons. The number of benzene rings is 2. The third-order valence-corrected chi connectivity index (χ3v) is 4.73. The van der Waals surface area contributed by atoms with Crippen molar-refractivity contribution in [2.45, 2.75) is 6.54 Å². The first-order valence-electron chi connectivity index (χ1n) is 8.53. The molecule has 1 heterocycles. The Kier molecular flexibility index (Phi) is 6.32. The van der Waals surface area contributed by atoms with Gasteiger partial charge in [0.1, 0.15) is 5.82 Å². The molecule has 3 aromatic rings. The molecule has 29 heavy (non-hydrogen) atoms.